The summed E-state index contributed by atoms with van der Waals surface area (Å²) in [5, 5.41) is 9.05. The summed E-state index contributed by atoms with van der Waals surface area (Å²) in [5.74, 6) is 0. The van der Waals surface area contributed by atoms with Crippen LogP contribution in [0.3, 0.4) is 0 Å². The fourth-order valence-electron chi connectivity index (χ4n) is 3.71. The van der Waals surface area contributed by atoms with Gasteiger partial charge in [0.15, 0.2) is 0 Å². The van der Waals surface area contributed by atoms with Crippen molar-refractivity contribution in [1.29, 1.82) is 0 Å². The largest absolute Gasteiger partial charge is 0.300 e. The van der Waals surface area contributed by atoms with Crippen LogP contribution in [0.1, 0.15) is 25.3 Å². The summed E-state index contributed by atoms with van der Waals surface area (Å²) < 4.78 is 0. The predicted molar refractivity (Wildman–Crippen MR) is 102 cm³/mol. The second-order valence-corrected chi connectivity index (χ2v) is 6.98. The van der Waals surface area contributed by atoms with Crippen LogP contribution in [-0.2, 0) is 6.42 Å². The number of hydrogen-bond donors (Lipinski definition) is 1. The van der Waals surface area contributed by atoms with E-state index in [9.17, 15) is 4.79 Å². The monoisotopic (exact) mass is 333 g/mol. The number of fused-ring (bicyclic) bond motifs is 1. The third-order valence-electron chi connectivity index (χ3n) is 5.26. The summed E-state index contributed by atoms with van der Waals surface area (Å²) in [7, 11) is 0. The first-order valence-corrected chi connectivity index (χ1v) is 9.02. The Morgan fingerprint density at radius 3 is 2.72 bits per heavy atom. The molecular formula is C21H23N3O. The van der Waals surface area contributed by atoms with Gasteiger partial charge in [-0.05, 0) is 61.2 Å². The van der Waals surface area contributed by atoms with Gasteiger partial charge in [0, 0.05) is 24.2 Å². The first-order chi connectivity index (χ1) is 12.2. The lowest BCUT2D eigenvalue weighted by Gasteiger charge is -2.20. The van der Waals surface area contributed by atoms with Crippen molar-refractivity contribution in [3.05, 3.63) is 64.4 Å². The minimum atomic E-state index is -0.179. The Morgan fingerprint density at radius 2 is 1.96 bits per heavy atom. The summed E-state index contributed by atoms with van der Waals surface area (Å²) in [4.78, 5) is 13.8. The smallest absolute Gasteiger partial charge is 0.264 e. The number of H-pyrrole nitrogens is 1. The molecule has 4 heteroatoms. The summed E-state index contributed by atoms with van der Waals surface area (Å²) in [6, 6.07) is 17.0. The van der Waals surface area contributed by atoms with Crippen LogP contribution < -0.4 is 5.56 Å². The lowest BCUT2D eigenvalue weighted by Crippen LogP contribution is -2.28. The number of nitrogens with one attached hydrogen (secondary N) is 1. The number of likely N-dealkylation sites (tertiary alicyclic amines) is 1. The van der Waals surface area contributed by atoms with Crippen molar-refractivity contribution < 1.29 is 0 Å². The molecule has 0 bridgehead atoms. The molecule has 0 spiro atoms. The number of aromatic nitrogens is 2. The quantitative estimate of drug-likeness (QED) is 0.793. The molecule has 2 aromatic carbocycles. The maximum absolute atomic E-state index is 11.2. The molecule has 1 aliphatic rings. The number of benzene rings is 2. The van der Waals surface area contributed by atoms with Crippen LogP contribution in [0.5, 0.6) is 0 Å². The highest BCUT2D eigenvalue weighted by Gasteiger charge is 2.19. The molecule has 1 N–H and O–H groups in total. The van der Waals surface area contributed by atoms with Gasteiger partial charge in [0.25, 0.3) is 5.56 Å². The van der Waals surface area contributed by atoms with E-state index in [4.69, 9.17) is 0 Å². The van der Waals surface area contributed by atoms with E-state index < -0.39 is 0 Å². The highest BCUT2D eigenvalue weighted by atomic mass is 16.1. The van der Waals surface area contributed by atoms with Gasteiger partial charge >= 0.3 is 0 Å². The molecule has 25 heavy (non-hydrogen) atoms. The predicted octanol–water partition coefficient (Wildman–Crippen LogP) is 3.62. The van der Waals surface area contributed by atoms with Crippen molar-refractivity contribution in [1.82, 2.24) is 15.1 Å². The zero-order valence-corrected chi connectivity index (χ0v) is 14.5. The molecule has 0 unspecified atom stereocenters. The fourth-order valence-corrected chi connectivity index (χ4v) is 3.71. The standard InChI is InChI=1S/C21H23N3O/c1-15-3-2-11-24(15)12-10-16-4-5-18-14-19(7-6-17(18)13-16)20-8-9-21(25)23-22-20/h4-9,13-15H,2-3,10-12H2,1H3,(H,23,25)/t15-/m1/s1. The van der Waals surface area contributed by atoms with Crippen molar-refractivity contribution in [2.45, 2.75) is 32.2 Å². The van der Waals surface area contributed by atoms with E-state index in [-0.39, 0.29) is 5.56 Å². The Morgan fingerprint density at radius 1 is 1.12 bits per heavy atom. The number of nitrogens with zero attached hydrogens (tertiary/aromatic N) is 2. The minimum Gasteiger partial charge on any atom is -0.300 e. The van der Waals surface area contributed by atoms with Gasteiger partial charge in [-0.3, -0.25) is 4.79 Å². The summed E-state index contributed by atoms with van der Waals surface area (Å²) >= 11 is 0. The molecule has 2 heterocycles. The van der Waals surface area contributed by atoms with Gasteiger partial charge in [-0.1, -0.05) is 30.3 Å². The van der Waals surface area contributed by atoms with E-state index >= 15 is 0 Å². The summed E-state index contributed by atoms with van der Waals surface area (Å²) in [6.45, 7) is 4.72. The Balaban J connectivity index is 1.54. The van der Waals surface area contributed by atoms with E-state index in [0.29, 0.717) is 0 Å². The molecule has 0 aliphatic carbocycles. The van der Waals surface area contributed by atoms with Gasteiger partial charge in [-0.25, -0.2) is 5.10 Å². The van der Waals surface area contributed by atoms with Crippen molar-refractivity contribution >= 4 is 10.8 Å². The van der Waals surface area contributed by atoms with Crippen LogP contribution in [0, 0.1) is 0 Å². The molecule has 128 valence electrons. The SMILES string of the molecule is C[C@@H]1CCCN1CCc1ccc2cc(-c3ccc(=O)[nH]n3)ccc2c1. The fraction of sp³-hybridized carbons (Fsp3) is 0.333. The summed E-state index contributed by atoms with van der Waals surface area (Å²) in [5.41, 5.74) is 3.01. The molecule has 1 saturated heterocycles. The van der Waals surface area contributed by atoms with Gasteiger partial charge < -0.3 is 4.90 Å². The van der Waals surface area contributed by atoms with E-state index in [1.54, 1.807) is 6.07 Å². The first-order valence-electron chi connectivity index (χ1n) is 9.02. The molecule has 0 amide bonds. The Labute approximate surface area is 147 Å². The number of aromatic amines is 1. The van der Waals surface area contributed by atoms with Crippen LogP contribution in [0.4, 0.5) is 0 Å². The van der Waals surface area contributed by atoms with Crippen molar-refractivity contribution in [2.24, 2.45) is 0 Å². The highest BCUT2D eigenvalue weighted by molar-refractivity contribution is 5.87. The Kier molecular flexibility index (Phi) is 4.36. The van der Waals surface area contributed by atoms with E-state index in [1.165, 1.54) is 41.8 Å². The third-order valence-corrected chi connectivity index (χ3v) is 5.26. The Hall–Kier alpha value is -2.46. The average molecular weight is 333 g/mol. The third kappa shape index (κ3) is 3.49. The van der Waals surface area contributed by atoms with Crippen molar-refractivity contribution in [3.8, 4) is 11.3 Å². The van der Waals surface area contributed by atoms with Gasteiger partial charge in [-0.2, -0.15) is 5.10 Å². The molecule has 1 aromatic heterocycles. The highest BCUT2D eigenvalue weighted by Crippen LogP contribution is 2.24. The summed E-state index contributed by atoms with van der Waals surface area (Å²) in [6.07, 6.45) is 3.77. The van der Waals surface area contributed by atoms with Crippen LogP contribution in [0.15, 0.2) is 53.3 Å². The van der Waals surface area contributed by atoms with Crippen molar-refractivity contribution in [3.63, 3.8) is 0 Å². The zero-order chi connectivity index (χ0) is 17.2. The van der Waals surface area contributed by atoms with E-state index in [1.807, 2.05) is 0 Å². The van der Waals surface area contributed by atoms with Crippen LogP contribution in [0.2, 0.25) is 0 Å². The first kappa shape index (κ1) is 16.0. The lowest BCUT2D eigenvalue weighted by molar-refractivity contribution is 0.272. The molecule has 0 radical (unpaired) electrons. The second-order valence-electron chi connectivity index (χ2n) is 6.98. The Bertz CT molecular complexity index is 927. The number of hydrogen-bond acceptors (Lipinski definition) is 3. The molecule has 3 aromatic rings. The average Bonchev–Trinajstić information content (AvgIpc) is 3.05. The van der Waals surface area contributed by atoms with Crippen LogP contribution >= 0.6 is 0 Å². The van der Waals surface area contributed by atoms with Gasteiger partial charge in [0.1, 0.15) is 0 Å². The van der Waals surface area contributed by atoms with Crippen LogP contribution in [0.25, 0.3) is 22.0 Å². The maximum atomic E-state index is 11.2. The van der Waals surface area contributed by atoms with Crippen LogP contribution in [-0.4, -0.2) is 34.2 Å². The molecule has 4 rings (SSSR count). The normalized spacial score (nSPS) is 18.0. The molecular weight excluding hydrogens is 310 g/mol. The molecule has 1 aliphatic heterocycles. The van der Waals surface area contributed by atoms with Gasteiger partial charge in [0.05, 0.1) is 5.69 Å². The second kappa shape index (κ2) is 6.81. The maximum Gasteiger partial charge on any atom is 0.264 e. The molecule has 1 fully saturated rings. The number of rotatable bonds is 4. The van der Waals surface area contributed by atoms with Gasteiger partial charge in [0.2, 0.25) is 0 Å². The molecule has 1 atom stereocenters. The van der Waals surface area contributed by atoms with E-state index in [0.717, 1.165) is 30.3 Å². The van der Waals surface area contributed by atoms with Crippen molar-refractivity contribution in [2.75, 3.05) is 13.1 Å². The molecule has 4 nitrogen and oxygen atoms in total. The topological polar surface area (TPSA) is 49.0 Å². The zero-order valence-electron chi connectivity index (χ0n) is 14.5. The van der Waals surface area contributed by atoms with E-state index in [2.05, 4.69) is 58.4 Å². The lowest BCUT2D eigenvalue weighted by atomic mass is 10.0. The van der Waals surface area contributed by atoms with Gasteiger partial charge in [-0.15, -0.1) is 0 Å². The molecule has 0 saturated carbocycles. The minimum absolute atomic E-state index is 0.179.